The van der Waals surface area contributed by atoms with Crippen LogP contribution in [0.4, 0.5) is 0 Å². The van der Waals surface area contributed by atoms with Crippen LogP contribution in [0, 0.1) is 29.6 Å². The molecule has 11 heteroatoms. The average molecular weight is 553 g/mol. The third-order valence-electron chi connectivity index (χ3n) is 9.39. The molecule has 40 heavy (non-hydrogen) atoms. The van der Waals surface area contributed by atoms with E-state index in [0.29, 0.717) is 12.8 Å². The summed E-state index contributed by atoms with van der Waals surface area (Å²) in [7, 11) is 3.00. The summed E-state index contributed by atoms with van der Waals surface area (Å²) in [6, 6.07) is 1.21. The van der Waals surface area contributed by atoms with Gasteiger partial charge < -0.3 is 15.9 Å². The van der Waals surface area contributed by atoms with Gasteiger partial charge in [-0.1, -0.05) is 19.3 Å². The summed E-state index contributed by atoms with van der Waals surface area (Å²) in [5, 5.41) is 22.3. The molecule has 0 heterocycles. The standard InChI is InChI=1S/C29H32N2O9/c1-31(2)21-16-11-13-10-15-14(23(34)22(33)12-6-4-3-5-7-12)8-9-17(32)19(15)24(35)18(13)26(37)29(16,40)27(38)20(25(21)36)28(30)39/h8-9,12-13,16,18,20-21,32,40H,3-7,10-11H2,1-2H3,(H2,30,39)/t13-,16-,18?,20?,21?,29-/m1/s1. The first-order valence-electron chi connectivity index (χ1n) is 13.6. The Morgan fingerprint density at radius 2 is 1.65 bits per heavy atom. The Bertz CT molecular complexity index is 1380. The van der Waals surface area contributed by atoms with Crippen LogP contribution in [0.1, 0.15) is 64.8 Å². The molecule has 4 N–H and O–H groups in total. The first-order chi connectivity index (χ1) is 18.8. The van der Waals surface area contributed by atoms with Gasteiger partial charge in [-0.25, -0.2) is 0 Å². The van der Waals surface area contributed by atoms with Crippen LogP contribution in [-0.2, 0) is 30.4 Å². The van der Waals surface area contributed by atoms with Gasteiger partial charge in [-0.2, -0.15) is 0 Å². The maximum Gasteiger partial charge on any atom is 0.235 e. The van der Waals surface area contributed by atoms with E-state index in [4.69, 9.17) is 5.73 Å². The van der Waals surface area contributed by atoms with E-state index in [9.17, 15) is 43.8 Å². The van der Waals surface area contributed by atoms with Crippen LogP contribution in [0.25, 0.3) is 0 Å². The Labute approximate surface area is 230 Å². The van der Waals surface area contributed by atoms with Crippen molar-refractivity contribution in [3.8, 4) is 5.75 Å². The fraction of sp³-hybridized carbons (Fsp3) is 0.552. The van der Waals surface area contributed by atoms with Gasteiger partial charge >= 0.3 is 0 Å². The number of nitrogens with zero attached hydrogens (tertiary/aromatic N) is 1. The molecule has 0 bridgehead atoms. The molecule has 1 amide bonds. The molecule has 1 aromatic carbocycles. The number of ketones is 6. The van der Waals surface area contributed by atoms with Crippen molar-refractivity contribution in [1.82, 2.24) is 4.90 Å². The number of phenolic OH excluding ortho intramolecular Hbond substituents is 1. The quantitative estimate of drug-likeness (QED) is 0.258. The van der Waals surface area contributed by atoms with Crippen LogP contribution in [0.5, 0.6) is 5.75 Å². The molecule has 11 nitrogen and oxygen atoms in total. The number of phenols is 1. The van der Waals surface area contributed by atoms with E-state index in [0.717, 1.165) is 25.3 Å². The highest BCUT2D eigenvalue weighted by atomic mass is 16.3. The topological polar surface area (TPSA) is 189 Å². The van der Waals surface area contributed by atoms with Crippen molar-refractivity contribution < 1.29 is 43.8 Å². The van der Waals surface area contributed by atoms with E-state index in [-0.39, 0.29) is 29.5 Å². The predicted octanol–water partition coefficient (Wildman–Crippen LogP) is 0.199. The van der Waals surface area contributed by atoms with Crippen LogP contribution >= 0.6 is 0 Å². The normalized spacial score (nSPS) is 32.4. The fourth-order valence-electron chi connectivity index (χ4n) is 7.50. The molecule has 4 aliphatic rings. The minimum absolute atomic E-state index is 0.0165. The van der Waals surface area contributed by atoms with Crippen molar-refractivity contribution in [2.45, 2.75) is 56.6 Å². The van der Waals surface area contributed by atoms with Crippen molar-refractivity contribution in [3.05, 3.63) is 28.8 Å². The van der Waals surface area contributed by atoms with Gasteiger partial charge in [-0.05, 0) is 63.4 Å². The lowest BCUT2D eigenvalue weighted by Crippen LogP contribution is -2.74. The lowest BCUT2D eigenvalue weighted by molar-refractivity contribution is -0.181. The Morgan fingerprint density at radius 3 is 2.25 bits per heavy atom. The van der Waals surface area contributed by atoms with Gasteiger partial charge in [0.1, 0.15) is 5.75 Å². The second-order valence-electron chi connectivity index (χ2n) is 11.8. The van der Waals surface area contributed by atoms with E-state index in [2.05, 4.69) is 0 Å². The Morgan fingerprint density at radius 1 is 1.00 bits per heavy atom. The fourth-order valence-corrected chi connectivity index (χ4v) is 7.50. The van der Waals surface area contributed by atoms with Gasteiger partial charge in [0, 0.05) is 17.4 Å². The number of nitrogens with two attached hydrogens (primary N) is 1. The zero-order valence-corrected chi connectivity index (χ0v) is 22.3. The summed E-state index contributed by atoms with van der Waals surface area (Å²) < 4.78 is 0. The minimum atomic E-state index is -2.82. The number of primary amides is 1. The molecule has 0 saturated heterocycles. The highest BCUT2D eigenvalue weighted by molar-refractivity contribution is 6.45. The Hall–Kier alpha value is -3.57. The van der Waals surface area contributed by atoms with E-state index >= 15 is 0 Å². The van der Waals surface area contributed by atoms with Crippen molar-refractivity contribution >= 4 is 40.6 Å². The van der Waals surface area contributed by atoms with Gasteiger partial charge in [-0.3, -0.25) is 38.5 Å². The number of benzene rings is 1. The summed E-state index contributed by atoms with van der Waals surface area (Å²) in [5.74, 6) is -13.5. The van der Waals surface area contributed by atoms with Crippen LogP contribution in [0.3, 0.4) is 0 Å². The van der Waals surface area contributed by atoms with Crippen molar-refractivity contribution in [2.75, 3.05) is 14.1 Å². The molecular formula is C29H32N2O9. The lowest BCUT2D eigenvalue weighted by Gasteiger charge is -2.52. The number of rotatable bonds is 5. The zero-order valence-electron chi connectivity index (χ0n) is 22.3. The summed E-state index contributed by atoms with van der Waals surface area (Å²) in [6.07, 6.45) is 3.67. The third kappa shape index (κ3) is 3.89. The number of amides is 1. The first-order valence-corrected chi connectivity index (χ1v) is 13.6. The number of hydrogen-bond donors (Lipinski definition) is 3. The van der Waals surface area contributed by atoms with Gasteiger partial charge in [-0.15, -0.1) is 0 Å². The number of fused-ring (bicyclic) bond motifs is 3. The number of likely N-dealkylation sites (N-methyl/N-ethyl adjacent to an activating group) is 1. The first kappa shape index (κ1) is 28.0. The zero-order chi connectivity index (χ0) is 29.3. The number of carbonyl (C=O) groups excluding carboxylic acids is 7. The summed E-state index contributed by atoms with van der Waals surface area (Å²) in [5.41, 5.74) is 2.33. The highest BCUT2D eigenvalue weighted by Gasteiger charge is 2.69. The molecule has 6 atom stereocenters. The second kappa shape index (κ2) is 9.81. The van der Waals surface area contributed by atoms with E-state index in [1.54, 1.807) is 0 Å². The van der Waals surface area contributed by atoms with Crippen LogP contribution in [0.15, 0.2) is 12.1 Å². The molecule has 0 spiro atoms. The molecule has 5 rings (SSSR count). The summed E-state index contributed by atoms with van der Waals surface area (Å²) in [4.78, 5) is 94.1. The Kier molecular flexibility index (Phi) is 6.86. The second-order valence-corrected chi connectivity index (χ2v) is 11.8. The monoisotopic (exact) mass is 552 g/mol. The van der Waals surface area contributed by atoms with Crippen molar-refractivity contribution in [1.29, 1.82) is 0 Å². The van der Waals surface area contributed by atoms with Crippen LogP contribution in [0.2, 0.25) is 0 Å². The number of Topliss-reactive ketones (excluding diaryl/α,β-unsaturated/α-hetero) is 6. The number of aliphatic hydroxyl groups is 1. The van der Waals surface area contributed by atoms with Crippen LogP contribution < -0.4 is 5.73 Å². The molecule has 3 unspecified atom stereocenters. The maximum absolute atomic E-state index is 13.9. The summed E-state index contributed by atoms with van der Waals surface area (Å²) in [6.45, 7) is 0. The largest absolute Gasteiger partial charge is 0.507 e. The molecule has 0 aromatic heterocycles. The van der Waals surface area contributed by atoms with Crippen molar-refractivity contribution in [3.63, 3.8) is 0 Å². The third-order valence-corrected chi connectivity index (χ3v) is 9.39. The number of carbonyl (C=O) groups is 7. The van der Waals surface area contributed by atoms with Gasteiger partial charge in [0.15, 0.2) is 34.7 Å². The number of aromatic hydroxyl groups is 1. The molecule has 0 radical (unpaired) electrons. The molecule has 4 aliphatic carbocycles. The van der Waals surface area contributed by atoms with Gasteiger partial charge in [0.2, 0.25) is 17.5 Å². The summed E-state index contributed by atoms with van der Waals surface area (Å²) >= 11 is 0. The highest BCUT2D eigenvalue weighted by Crippen LogP contribution is 2.51. The maximum atomic E-state index is 13.9. The minimum Gasteiger partial charge on any atom is -0.507 e. The Balaban J connectivity index is 1.58. The van der Waals surface area contributed by atoms with Gasteiger partial charge in [0.25, 0.3) is 0 Å². The molecular weight excluding hydrogens is 520 g/mol. The molecule has 3 saturated carbocycles. The van der Waals surface area contributed by atoms with Crippen LogP contribution in [-0.4, -0.2) is 81.5 Å². The molecule has 3 fully saturated rings. The van der Waals surface area contributed by atoms with Gasteiger partial charge in [0.05, 0.1) is 17.5 Å². The van der Waals surface area contributed by atoms with E-state index in [1.807, 2.05) is 0 Å². The predicted molar refractivity (Wildman–Crippen MR) is 137 cm³/mol. The van der Waals surface area contributed by atoms with E-state index < -0.39 is 87.6 Å². The molecule has 212 valence electrons. The van der Waals surface area contributed by atoms with Crippen molar-refractivity contribution in [2.24, 2.45) is 35.3 Å². The molecule has 0 aliphatic heterocycles. The SMILES string of the molecule is CN(C)C1C(=O)C(C(N)=O)C(=O)[C@]2(O)C(=O)C3C(=O)c4c(O)ccc(C(=O)C(=O)C5CCCCC5)c4C[C@@H]3C[C@H]12. The average Bonchev–Trinajstić information content (AvgIpc) is 2.90. The smallest absolute Gasteiger partial charge is 0.235 e. The molecule has 1 aromatic rings. The van der Waals surface area contributed by atoms with E-state index in [1.165, 1.54) is 25.1 Å². The lowest BCUT2D eigenvalue weighted by atomic mass is 9.52. The number of hydrogen-bond acceptors (Lipinski definition) is 10.